The van der Waals surface area contributed by atoms with Gasteiger partial charge in [-0.2, -0.15) is 0 Å². The van der Waals surface area contributed by atoms with Crippen LogP contribution in [0.2, 0.25) is 0 Å². The summed E-state index contributed by atoms with van der Waals surface area (Å²) in [6.07, 6.45) is 5.16. The summed E-state index contributed by atoms with van der Waals surface area (Å²) >= 11 is 1.17. The Morgan fingerprint density at radius 3 is 2.43 bits per heavy atom. The number of hydrogen-bond acceptors (Lipinski definition) is 4. The van der Waals surface area contributed by atoms with Crippen LogP contribution in [0.3, 0.4) is 0 Å². The van der Waals surface area contributed by atoms with Crippen molar-refractivity contribution in [1.82, 2.24) is 4.98 Å². The third-order valence-electron chi connectivity index (χ3n) is 3.17. The summed E-state index contributed by atoms with van der Waals surface area (Å²) in [5.74, 6) is -0.935. The predicted molar refractivity (Wildman–Crippen MR) is 88.0 cm³/mol. The Balaban J connectivity index is 2.08. The van der Waals surface area contributed by atoms with E-state index in [0.29, 0.717) is 5.01 Å². The van der Waals surface area contributed by atoms with Gasteiger partial charge in [0.2, 0.25) is 0 Å². The van der Waals surface area contributed by atoms with Crippen LogP contribution in [0.15, 0.2) is 30.5 Å². The van der Waals surface area contributed by atoms with Crippen LogP contribution in [0.25, 0.3) is 12.2 Å². The largest absolute Gasteiger partial charge is 0.477 e. The van der Waals surface area contributed by atoms with Gasteiger partial charge in [-0.3, -0.25) is 0 Å². The maximum absolute atomic E-state index is 10.8. The number of carboxylic acids is 1. The number of aromatic nitrogens is 1. The SMILES string of the molecule is CCN(CC)c1ccc(/C=C/c2ncc(C(=O)O)s2)cc1. The van der Waals surface area contributed by atoms with E-state index in [-0.39, 0.29) is 4.88 Å². The van der Waals surface area contributed by atoms with Gasteiger partial charge < -0.3 is 10.0 Å². The van der Waals surface area contributed by atoms with Crippen LogP contribution in [0, 0.1) is 0 Å². The summed E-state index contributed by atoms with van der Waals surface area (Å²) in [6.45, 7) is 6.26. The molecule has 0 aliphatic carbocycles. The number of carbonyl (C=O) groups is 1. The number of thiazole rings is 1. The zero-order valence-electron chi connectivity index (χ0n) is 12.1. The van der Waals surface area contributed by atoms with Gasteiger partial charge >= 0.3 is 5.97 Å². The number of nitrogens with zero attached hydrogens (tertiary/aromatic N) is 2. The average Bonchev–Trinajstić information content (AvgIpc) is 2.97. The molecule has 0 unspecified atom stereocenters. The van der Waals surface area contributed by atoms with Crippen LogP contribution >= 0.6 is 11.3 Å². The number of aromatic carboxylic acids is 1. The molecule has 0 fully saturated rings. The third-order valence-corrected chi connectivity index (χ3v) is 4.12. The first kappa shape index (κ1) is 15.3. The predicted octanol–water partition coefficient (Wildman–Crippen LogP) is 3.86. The second kappa shape index (κ2) is 7.04. The molecule has 1 aromatic carbocycles. The lowest BCUT2D eigenvalue weighted by Crippen LogP contribution is -2.21. The molecule has 0 saturated carbocycles. The molecule has 1 N–H and O–H groups in total. The van der Waals surface area contributed by atoms with Gasteiger partial charge in [-0.1, -0.05) is 18.2 Å². The minimum atomic E-state index is -0.935. The molecule has 1 heterocycles. The Morgan fingerprint density at radius 2 is 1.90 bits per heavy atom. The zero-order chi connectivity index (χ0) is 15.2. The van der Waals surface area contributed by atoms with Crippen LogP contribution in [0.1, 0.15) is 34.1 Å². The maximum Gasteiger partial charge on any atom is 0.347 e. The van der Waals surface area contributed by atoms with Crippen molar-refractivity contribution in [1.29, 1.82) is 0 Å². The van der Waals surface area contributed by atoms with Crippen molar-refractivity contribution in [3.8, 4) is 0 Å². The van der Waals surface area contributed by atoms with E-state index in [1.807, 2.05) is 12.2 Å². The van der Waals surface area contributed by atoms with Gasteiger partial charge in [0.05, 0.1) is 6.20 Å². The molecular weight excluding hydrogens is 284 g/mol. The first-order chi connectivity index (χ1) is 10.1. The van der Waals surface area contributed by atoms with Gasteiger partial charge in [-0.15, -0.1) is 11.3 Å². The van der Waals surface area contributed by atoms with Crippen LogP contribution in [-0.2, 0) is 0 Å². The van der Waals surface area contributed by atoms with Gasteiger partial charge in [0.25, 0.3) is 0 Å². The highest BCUT2D eigenvalue weighted by molar-refractivity contribution is 7.14. The van der Waals surface area contributed by atoms with Crippen LogP contribution in [0.4, 0.5) is 5.69 Å². The minimum absolute atomic E-state index is 0.256. The monoisotopic (exact) mass is 302 g/mol. The summed E-state index contributed by atoms with van der Waals surface area (Å²) in [7, 11) is 0. The first-order valence-electron chi connectivity index (χ1n) is 6.86. The highest BCUT2D eigenvalue weighted by Crippen LogP contribution is 2.18. The van der Waals surface area contributed by atoms with Crippen LogP contribution in [0.5, 0.6) is 0 Å². The van der Waals surface area contributed by atoms with E-state index in [4.69, 9.17) is 5.11 Å². The fourth-order valence-electron chi connectivity index (χ4n) is 2.02. The van der Waals surface area contributed by atoms with Crippen LogP contribution in [-0.4, -0.2) is 29.1 Å². The lowest BCUT2D eigenvalue weighted by Gasteiger charge is -2.20. The van der Waals surface area contributed by atoms with Crippen molar-refractivity contribution in [3.05, 3.63) is 45.9 Å². The highest BCUT2D eigenvalue weighted by Gasteiger charge is 2.06. The van der Waals surface area contributed by atoms with Crippen LogP contribution < -0.4 is 4.90 Å². The molecule has 2 rings (SSSR count). The van der Waals surface area contributed by atoms with Crippen molar-refractivity contribution in [2.24, 2.45) is 0 Å². The summed E-state index contributed by atoms with van der Waals surface area (Å²) in [5.41, 5.74) is 2.28. The number of rotatable bonds is 6. The molecule has 0 radical (unpaired) electrons. The van der Waals surface area contributed by atoms with E-state index in [1.165, 1.54) is 23.2 Å². The van der Waals surface area contributed by atoms with Gasteiger partial charge in [0.1, 0.15) is 9.88 Å². The number of benzene rings is 1. The molecular formula is C16H18N2O2S. The molecule has 1 aromatic heterocycles. The molecule has 0 aliphatic heterocycles. The van der Waals surface area contributed by atoms with E-state index in [1.54, 1.807) is 0 Å². The van der Waals surface area contributed by atoms with Gasteiger partial charge in [-0.05, 0) is 37.6 Å². The first-order valence-corrected chi connectivity index (χ1v) is 7.68. The zero-order valence-corrected chi connectivity index (χ0v) is 12.9. The fraction of sp³-hybridized carbons (Fsp3) is 0.250. The van der Waals surface area contributed by atoms with Crippen molar-refractivity contribution in [2.75, 3.05) is 18.0 Å². The maximum atomic E-state index is 10.8. The van der Waals surface area contributed by atoms with E-state index in [2.05, 4.69) is 48.0 Å². The number of carboxylic acid groups (broad SMARTS) is 1. The van der Waals surface area contributed by atoms with Gasteiger partial charge in [0, 0.05) is 18.8 Å². The molecule has 0 amide bonds. The average molecular weight is 302 g/mol. The van der Waals surface area contributed by atoms with Crippen molar-refractivity contribution in [2.45, 2.75) is 13.8 Å². The van der Waals surface area contributed by atoms with E-state index in [9.17, 15) is 4.79 Å². The summed E-state index contributed by atoms with van der Waals surface area (Å²) < 4.78 is 0. The normalized spacial score (nSPS) is 11.0. The smallest absolute Gasteiger partial charge is 0.347 e. The quantitative estimate of drug-likeness (QED) is 0.880. The molecule has 2 aromatic rings. The Bertz CT molecular complexity index is 628. The van der Waals surface area contributed by atoms with Crippen molar-refractivity contribution < 1.29 is 9.90 Å². The van der Waals surface area contributed by atoms with E-state index in [0.717, 1.165) is 18.7 Å². The van der Waals surface area contributed by atoms with Gasteiger partial charge in [0.15, 0.2) is 0 Å². The Morgan fingerprint density at radius 1 is 1.24 bits per heavy atom. The Kier molecular flexibility index (Phi) is 5.11. The van der Waals surface area contributed by atoms with E-state index < -0.39 is 5.97 Å². The number of hydrogen-bond donors (Lipinski definition) is 1. The molecule has 110 valence electrons. The standard InChI is InChI=1S/C16H18N2O2S/c1-3-18(4-2)13-8-5-12(6-9-13)7-10-15-17-11-14(21-15)16(19)20/h5-11H,3-4H2,1-2H3,(H,19,20)/b10-7+. The molecule has 0 atom stereocenters. The summed E-state index contributed by atoms with van der Waals surface area (Å²) in [6, 6.07) is 8.29. The lowest BCUT2D eigenvalue weighted by atomic mass is 10.2. The van der Waals surface area contributed by atoms with Crippen molar-refractivity contribution in [3.63, 3.8) is 0 Å². The molecule has 5 heteroatoms. The molecule has 21 heavy (non-hydrogen) atoms. The molecule has 0 aliphatic rings. The fourth-order valence-corrected chi connectivity index (χ4v) is 2.68. The summed E-state index contributed by atoms with van der Waals surface area (Å²) in [4.78, 5) is 17.4. The lowest BCUT2D eigenvalue weighted by molar-refractivity contribution is 0.0702. The summed E-state index contributed by atoms with van der Waals surface area (Å²) in [5, 5.41) is 9.55. The molecule has 0 saturated heterocycles. The van der Waals surface area contributed by atoms with Crippen molar-refractivity contribution >= 4 is 35.1 Å². The second-order valence-corrected chi connectivity index (χ2v) is 5.53. The molecule has 0 spiro atoms. The highest BCUT2D eigenvalue weighted by atomic mass is 32.1. The topological polar surface area (TPSA) is 53.4 Å². The number of anilines is 1. The molecule has 0 bridgehead atoms. The minimum Gasteiger partial charge on any atom is -0.477 e. The molecule has 4 nitrogen and oxygen atoms in total. The second-order valence-electron chi connectivity index (χ2n) is 4.47. The third kappa shape index (κ3) is 3.92. The van der Waals surface area contributed by atoms with E-state index >= 15 is 0 Å². The van der Waals surface area contributed by atoms with Gasteiger partial charge in [-0.25, -0.2) is 9.78 Å². The Hall–Kier alpha value is -2.14. The Labute approximate surface area is 128 Å².